The Morgan fingerprint density at radius 2 is 1.86 bits per heavy atom. The van der Waals surface area contributed by atoms with Crippen molar-refractivity contribution in [3.05, 3.63) is 66.1 Å². The number of carbonyl (C=O) groups excluding carboxylic acids is 2. The maximum Gasteiger partial charge on any atom is 0.229 e. The molecule has 0 bridgehead atoms. The molecular formula is C20H14F3N3O2. The molecule has 5 nitrogen and oxygen atoms in total. The second kappa shape index (κ2) is 6.95. The number of carbonyl (C=O) groups is 2. The number of nitrogens with zero attached hydrogens (tertiary/aromatic N) is 2. The number of aromatic nitrogens is 1. The zero-order chi connectivity index (χ0) is 19.8. The van der Waals surface area contributed by atoms with Crippen molar-refractivity contribution in [2.45, 2.75) is 6.42 Å². The molecule has 1 atom stereocenters. The Hall–Kier alpha value is -3.42. The number of nitrogens with one attached hydrogen (secondary N) is 1. The summed E-state index contributed by atoms with van der Waals surface area (Å²) in [6.45, 7) is 0.0750. The van der Waals surface area contributed by atoms with Gasteiger partial charge in [-0.3, -0.25) is 14.6 Å². The van der Waals surface area contributed by atoms with Crippen LogP contribution in [0.25, 0.3) is 10.9 Å². The van der Waals surface area contributed by atoms with Crippen LogP contribution in [0.15, 0.2) is 48.7 Å². The van der Waals surface area contributed by atoms with Gasteiger partial charge in [-0.1, -0.05) is 18.2 Å². The molecule has 28 heavy (non-hydrogen) atoms. The third-order valence-electron chi connectivity index (χ3n) is 4.69. The molecule has 0 aliphatic carbocycles. The molecule has 142 valence electrons. The van der Waals surface area contributed by atoms with Crippen LogP contribution in [0.3, 0.4) is 0 Å². The maximum absolute atomic E-state index is 13.8. The topological polar surface area (TPSA) is 62.3 Å². The van der Waals surface area contributed by atoms with Crippen molar-refractivity contribution in [2.24, 2.45) is 5.92 Å². The molecule has 1 aliphatic heterocycles. The quantitative estimate of drug-likeness (QED) is 0.700. The van der Waals surface area contributed by atoms with Crippen molar-refractivity contribution in [2.75, 3.05) is 16.8 Å². The molecule has 1 unspecified atom stereocenters. The first kappa shape index (κ1) is 18.0. The van der Waals surface area contributed by atoms with Gasteiger partial charge < -0.3 is 10.2 Å². The summed E-state index contributed by atoms with van der Waals surface area (Å²) in [4.78, 5) is 30.7. The van der Waals surface area contributed by atoms with Crippen molar-refractivity contribution in [3.63, 3.8) is 0 Å². The normalized spacial score (nSPS) is 16.6. The molecule has 2 heterocycles. The summed E-state index contributed by atoms with van der Waals surface area (Å²) in [5.41, 5.74) is 0.741. The first-order valence-electron chi connectivity index (χ1n) is 8.54. The second-order valence-corrected chi connectivity index (χ2v) is 6.47. The minimum Gasteiger partial charge on any atom is -0.323 e. The summed E-state index contributed by atoms with van der Waals surface area (Å²) >= 11 is 0. The smallest absolute Gasteiger partial charge is 0.229 e. The van der Waals surface area contributed by atoms with E-state index in [1.165, 1.54) is 4.90 Å². The molecule has 1 aromatic heterocycles. The highest BCUT2D eigenvalue weighted by Crippen LogP contribution is 2.31. The number of pyridine rings is 1. The van der Waals surface area contributed by atoms with Crippen LogP contribution in [0.5, 0.6) is 0 Å². The van der Waals surface area contributed by atoms with Crippen LogP contribution in [-0.4, -0.2) is 23.3 Å². The lowest BCUT2D eigenvalue weighted by Crippen LogP contribution is -2.28. The van der Waals surface area contributed by atoms with Crippen LogP contribution < -0.4 is 10.2 Å². The van der Waals surface area contributed by atoms with Crippen molar-refractivity contribution in [1.82, 2.24) is 4.98 Å². The molecule has 1 saturated heterocycles. The third kappa shape index (κ3) is 3.06. The molecule has 3 aromatic rings. The van der Waals surface area contributed by atoms with Crippen LogP contribution in [0.2, 0.25) is 0 Å². The highest BCUT2D eigenvalue weighted by Gasteiger charge is 2.36. The van der Waals surface area contributed by atoms with Crippen LogP contribution >= 0.6 is 0 Å². The Morgan fingerprint density at radius 3 is 2.68 bits per heavy atom. The highest BCUT2D eigenvalue weighted by molar-refractivity contribution is 6.07. The predicted octanol–water partition coefficient (Wildman–Crippen LogP) is 3.64. The molecule has 1 fully saturated rings. The third-order valence-corrected chi connectivity index (χ3v) is 4.69. The fourth-order valence-corrected chi connectivity index (χ4v) is 3.28. The fourth-order valence-electron chi connectivity index (χ4n) is 3.28. The van der Waals surface area contributed by atoms with Gasteiger partial charge in [0.05, 0.1) is 22.8 Å². The van der Waals surface area contributed by atoms with Crippen LogP contribution in [0.1, 0.15) is 6.42 Å². The number of para-hydroxylation sites is 1. The SMILES string of the molecule is O=C(Nc1ccc(F)c(F)c1F)C1CC(=O)N(c2cccc3cccnc23)C1. The number of hydrogen-bond donors (Lipinski definition) is 1. The molecular weight excluding hydrogens is 371 g/mol. The van der Waals surface area contributed by atoms with Gasteiger partial charge in [0, 0.05) is 24.5 Å². The lowest BCUT2D eigenvalue weighted by atomic mass is 10.1. The average Bonchev–Trinajstić information content (AvgIpc) is 3.09. The standard InChI is InChI=1S/C20H14F3N3O2/c21-13-6-7-14(18(23)17(13)22)25-20(28)12-9-16(27)26(10-12)15-5-1-3-11-4-2-8-24-19(11)15/h1-8,12H,9-10H2,(H,25,28). The van der Waals surface area contributed by atoms with Gasteiger partial charge in [0.1, 0.15) is 0 Å². The van der Waals surface area contributed by atoms with E-state index in [0.29, 0.717) is 11.2 Å². The van der Waals surface area contributed by atoms with Gasteiger partial charge in [0.2, 0.25) is 11.8 Å². The minimum atomic E-state index is -1.66. The van der Waals surface area contributed by atoms with E-state index in [-0.39, 0.29) is 18.9 Å². The summed E-state index contributed by atoms with van der Waals surface area (Å²) in [6.07, 6.45) is 1.53. The van der Waals surface area contributed by atoms with Crippen molar-refractivity contribution in [3.8, 4) is 0 Å². The molecule has 2 amide bonds. The van der Waals surface area contributed by atoms with E-state index >= 15 is 0 Å². The van der Waals surface area contributed by atoms with Gasteiger partial charge in [0.15, 0.2) is 17.5 Å². The van der Waals surface area contributed by atoms with Crippen LogP contribution in [0.4, 0.5) is 24.5 Å². The zero-order valence-corrected chi connectivity index (χ0v) is 14.5. The summed E-state index contributed by atoms with van der Waals surface area (Å²) in [5.74, 6) is -6.17. The number of rotatable bonds is 3. The van der Waals surface area contributed by atoms with E-state index in [0.717, 1.165) is 17.5 Å². The summed E-state index contributed by atoms with van der Waals surface area (Å²) in [7, 11) is 0. The number of benzene rings is 2. The van der Waals surface area contributed by atoms with Gasteiger partial charge in [-0.25, -0.2) is 13.2 Å². The Labute approximate surface area is 157 Å². The van der Waals surface area contributed by atoms with E-state index in [9.17, 15) is 22.8 Å². The first-order valence-corrected chi connectivity index (χ1v) is 8.54. The molecule has 0 radical (unpaired) electrons. The molecule has 1 aliphatic rings. The Kier molecular flexibility index (Phi) is 4.46. The van der Waals surface area contributed by atoms with Crippen molar-refractivity contribution < 1.29 is 22.8 Å². The number of halogens is 3. The molecule has 2 aromatic carbocycles. The number of fused-ring (bicyclic) bond motifs is 1. The summed E-state index contributed by atoms with van der Waals surface area (Å²) < 4.78 is 40.2. The van der Waals surface area contributed by atoms with Gasteiger partial charge >= 0.3 is 0 Å². The molecule has 4 rings (SSSR count). The van der Waals surface area contributed by atoms with Crippen molar-refractivity contribution in [1.29, 1.82) is 0 Å². The predicted molar refractivity (Wildman–Crippen MR) is 97.1 cm³/mol. The van der Waals surface area contributed by atoms with Gasteiger partial charge in [-0.2, -0.15) is 0 Å². The summed E-state index contributed by atoms with van der Waals surface area (Å²) in [6, 6.07) is 10.7. The van der Waals surface area contributed by atoms with E-state index in [2.05, 4.69) is 10.3 Å². The minimum absolute atomic E-state index is 0.0750. The average molecular weight is 385 g/mol. The van der Waals surface area contributed by atoms with E-state index in [1.807, 2.05) is 12.1 Å². The second-order valence-electron chi connectivity index (χ2n) is 6.47. The lowest BCUT2D eigenvalue weighted by molar-refractivity contribution is -0.122. The fraction of sp³-hybridized carbons (Fsp3) is 0.150. The Balaban J connectivity index is 1.56. The Bertz CT molecular complexity index is 1100. The van der Waals surface area contributed by atoms with E-state index in [4.69, 9.17) is 0 Å². The number of amides is 2. The number of hydrogen-bond acceptors (Lipinski definition) is 3. The molecule has 0 saturated carbocycles. The van der Waals surface area contributed by atoms with Gasteiger partial charge in [0.25, 0.3) is 0 Å². The Morgan fingerprint density at radius 1 is 1.07 bits per heavy atom. The molecule has 1 N–H and O–H groups in total. The first-order chi connectivity index (χ1) is 13.5. The number of anilines is 2. The largest absolute Gasteiger partial charge is 0.323 e. The van der Waals surface area contributed by atoms with E-state index < -0.39 is 35.0 Å². The zero-order valence-electron chi connectivity index (χ0n) is 14.5. The van der Waals surface area contributed by atoms with E-state index in [1.54, 1.807) is 24.4 Å². The van der Waals surface area contributed by atoms with Crippen molar-refractivity contribution >= 4 is 34.1 Å². The van der Waals surface area contributed by atoms with Gasteiger partial charge in [-0.05, 0) is 24.3 Å². The highest BCUT2D eigenvalue weighted by atomic mass is 19.2. The maximum atomic E-state index is 13.8. The molecule has 0 spiro atoms. The van der Waals surface area contributed by atoms with Gasteiger partial charge in [-0.15, -0.1) is 0 Å². The molecule has 8 heteroatoms. The van der Waals surface area contributed by atoms with Crippen LogP contribution in [0, 0.1) is 23.4 Å². The summed E-state index contributed by atoms with van der Waals surface area (Å²) in [5, 5.41) is 3.09. The van der Waals surface area contributed by atoms with Crippen LogP contribution in [-0.2, 0) is 9.59 Å². The monoisotopic (exact) mass is 385 g/mol. The lowest BCUT2D eigenvalue weighted by Gasteiger charge is -2.18.